The molecule has 0 bridgehead atoms. The first-order chi connectivity index (χ1) is 14.9. The number of aromatic nitrogens is 2. The highest BCUT2D eigenvalue weighted by atomic mass is 35.5. The molecule has 1 aliphatic rings. The lowest BCUT2D eigenvalue weighted by Crippen LogP contribution is -2.40. The summed E-state index contributed by atoms with van der Waals surface area (Å²) in [5, 5.41) is 1.02. The number of carbonyl (C=O) groups excluding carboxylic acids is 2. The van der Waals surface area contributed by atoms with Gasteiger partial charge >= 0.3 is 5.97 Å². The Labute approximate surface area is 192 Å². The van der Waals surface area contributed by atoms with E-state index >= 15 is 0 Å². The molecule has 31 heavy (non-hydrogen) atoms. The van der Waals surface area contributed by atoms with E-state index in [9.17, 15) is 9.59 Å². The Morgan fingerprint density at radius 3 is 2.48 bits per heavy atom. The molecule has 9 heteroatoms. The van der Waals surface area contributed by atoms with E-state index in [0.717, 1.165) is 11.4 Å². The van der Waals surface area contributed by atoms with Gasteiger partial charge in [0.1, 0.15) is 11.0 Å². The minimum atomic E-state index is -0.155. The Bertz CT molecular complexity index is 915. The Hall–Kier alpha value is -2.32. The zero-order valence-electron chi connectivity index (χ0n) is 18.0. The third-order valence-corrected chi connectivity index (χ3v) is 6.20. The van der Waals surface area contributed by atoms with Crippen molar-refractivity contribution in [2.45, 2.75) is 30.7 Å². The van der Waals surface area contributed by atoms with E-state index < -0.39 is 0 Å². The lowest BCUT2D eigenvalue weighted by atomic mass is 9.96. The van der Waals surface area contributed by atoms with Gasteiger partial charge in [-0.15, -0.1) is 0 Å². The average molecular weight is 463 g/mol. The summed E-state index contributed by atoms with van der Waals surface area (Å²) < 4.78 is 5.09. The van der Waals surface area contributed by atoms with E-state index in [-0.39, 0.29) is 17.8 Å². The van der Waals surface area contributed by atoms with Gasteiger partial charge in [-0.1, -0.05) is 35.5 Å². The summed E-state index contributed by atoms with van der Waals surface area (Å²) in [5.74, 6) is 1.17. The first-order valence-electron chi connectivity index (χ1n) is 10.3. The van der Waals surface area contributed by atoms with Crippen LogP contribution in [0.4, 0.5) is 5.82 Å². The second kappa shape index (κ2) is 10.8. The van der Waals surface area contributed by atoms with Gasteiger partial charge in [0.2, 0.25) is 0 Å². The van der Waals surface area contributed by atoms with Gasteiger partial charge in [0.15, 0.2) is 5.16 Å². The maximum Gasteiger partial charge on any atom is 0.309 e. The van der Waals surface area contributed by atoms with Crippen LogP contribution >= 0.6 is 23.4 Å². The van der Waals surface area contributed by atoms with Crippen LogP contribution in [0.5, 0.6) is 0 Å². The summed E-state index contributed by atoms with van der Waals surface area (Å²) in [7, 11) is 3.81. The summed E-state index contributed by atoms with van der Waals surface area (Å²) >= 11 is 7.58. The quantitative estimate of drug-likeness (QED) is 0.267. The fourth-order valence-electron chi connectivity index (χ4n) is 3.33. The van der Waals surface area contributed by atoms with Crippen LogP contribution < -0.4 is 4.90 Å². The number of esters is 1. The number of amides is 1. The van der Waals surface area contributed by atoms with Crippen molar-refractivity contribution in [1.29, 1.82) is 0 Å². The Kier molecular flexibility index (Phi) is 8.15. The summed E-state index contributed by atoms with van der Waals surface area (Å²) in [5.41, 5.74) is 1.72. The standard InChI is InChI=1S/C22H27ClN4O3S/c1-4-30-21(29)17-9-11-27(12-10-17)20(28)16-7-5-15(6-8-16)14-31-22-24-18(23)13-19(25-22)26(2)3/h5-8,13,17H,4,9-12,14H2,1-3H3. The van der Waals surface area contributed by atoms with Crippen molar-refractivity contribution in [3.05, 3.63) is 46.6 Å². The van der Waals surface area contributed by atoms with Crippen LogP contribution in [0.2, 0.25) is 5.15 Å². The minimum absolute atomic E-state index is 0.00434. The molecule has 7 nitrogen and oxygen atoms in total. The van der Waals surface area contributed by atoms with Gasteiger partial charge in [-0.2, -0.15) is 0 Å². The van der Waals surface area contributed by atoms with Crippen molar-refractivity contribution in [2.75, 3.05) is 38.7 Å². The van der Waals surface area contributed by atoms with Crippen molar-refractivity contribution in [1.82, 2.24) is 14.9 Å². The molecule has 0 aliphatic carbocycles. The highest BCUT2D eigenvalue weighted by Crippen LogP contribution is 2.25. The van der Waals surface area contributed by atoms with E-state index in [1.54, 1.807) is 6.07 Å². The monoisotopic (exact) mass is 462 g/mol. The molecule has 0 unspecified atom stereocenters. The molecule has 1 fully saturated rings. The second-order valence-corrected chi connectivity index (χ2v) is 8.86. The molecule has 1 saturated heterocycles. The van der Waals surface area contributed by atoms with Crippen LogP contribution in [0.3, 0.4) is 0 Å². The maximum absolute atomic E-state index is 12.8. The number of anilines is 1. The third-order valence-electron chi connectivity index (χ3n) is 5.09. The predicted molar refractivity (Wildman–Crippen MR) is 123 cm³/mol. The van der Waals surface area contributed by atoms with Gasteiger partial charge in [0.05, 0.1) is 12.5 Å². The Balaban J connectivity index is 1.54. The van der Waals surface area contributed by atoms with Crippen molar-refractivity contribution < 1.29 is 14.3 Å². The first kappa shape index (κ1) is 23.3. The van der Waals surface area contributed by atoms with Crippen molar-refractivity contribution in [3.63, 3.8) is 0 Å². The zero-order chi connectivity index (χ0) is 22.4. The SMILES string of the molecule is CCOC(=O)C1CCN(C(=O)c2ccc(CSc3nc(Cl)cc(N(C)C)n3)cc2)CC1. The van der Waals surface area contributed by atoms with Crippen LogP contribution in [-0.2, 0) is 15.3 Å². The van der Waals surface area contributed by atoms with Crippen LogP contribution in [-0.4, -0.2) is 60.5 Å². The molecular formula is C22H27ClN4O3S. The van der Waals surface area contributed by atoms with E-state index in [2.05, 4.69) is 9.97 Å². The van der Waals surface area contributed by atoms with E-state index in [1.165, 1.54) is 11.8 Å². The molecule has 0 spiro atoms. The first-order valence-corrected chi connectivity index (χ1v) is 11.6. The molecule has 1 aromatic carbocycles. The number of thioether (sulfide) groups is 1. The molecule has 0 atom stereocenters. The molecule has 1 aromatic heterocycles. The van der Waals surface area contributed by atoms with E-state index in [1.807, 2.05) is 55.1 Å². The van der Waals surface area contributed by atoms with Gasteiger partial charge in [0.25, 0.3) is 5.91 Å². The van der Waals surface area contributed by atoms with Crippen LogP contribution in [0.1, 0.15) is 35.7 Å². The zero-order valence-corrected chi connectivity index (χ0v) is 19.6. The molecular weight excluding hydrogens is 436 g/mol. The molecule has 166 valence electrons. The summed E-state index contributed by atoms with van der Waals surface area (Å²) in [6.07, 6.45) is 1.29. The molecule has 1 amide bonds. The van der Waals surface area contributed by atoms with Crippen molar-refractivity contribution in [3.8, 4) is 0 Å². The molecule has 0 N–H and O–H groups in total. The topological polar surface area (TPSA) is 75.6 Å². The van der Waals surface area contributed by atoms with E-state index in [4.69, 9.17) is 16.3 Å². The number of nitrogens with zero attached hydrogens (tertiary/aromatic N) is 4. The lowest BCUT2D eigenvalue weighted by molar-refractivity contribution is -0.149. The van der Waals surface area contributed by atoms with Crippen molar-refractivity contribution >= 4 is 41.1 Å². The molecule has 0 saturated carbocycles. The Morgan fingerprint density at radius 1 is 1.19 bits per heavy atom. The number of carbonyl (C=O) groups is 2. The summed E-state index contributed by atoms with van der Waals surface area (Å²) in [6.45, 7) is 3.34. The highest BCUT2D eigenvalue weighted by Gasteiger charge is 2.28. The van der Waals surface area contributed by atoms with Gasteiger partial charge in [0, 0.05) is 44.6 Å². The van der Waals surface area contributed by atoms with E-state index in [0.29, 0.717) is 54.2 Å². The highest BCUT2D eigenvalue weighted by molar-refractivity contribution is 7.98. The number of hydrogen-bond acceptors (Lipinski definition) is 7. The molecule has 2 aromatic rings. The maximum atomic E-state index is 12.8. The molecule has 0 radical (unpaired) electrons. The minimum Gasteiger partial charge on any atom is -0.466 e. The van der Waals surface area contributed by atoms with Crippen LogP contribution in [0.15, 0.2) is 35.5 Å². The number of likely N-dealkylation sites (tertiary alicyclic amines) is 1. The molecule has 2 heterocycles. The number of hydrogen-bond donors (Lipinski definition) is 0. The lowest BCUT2D eigenvalue weighted by Gasteiger charge is -2.31. The van der Waals surface area contributed by atoms with Crippen LogP contribution in [0, 0.1) is 5.92 Å². The third kappa shape index (κ3) is 6.33. The normalized spacial score (nSPS) is 14.4. The predicted octanol–water partition coefficient (Wildman–Crippen LogP) is 3.90. The largest absolute Gasteiger partial charge is 0.466 e. The van der Waals surface area contributed by atoms with Crippen LogP contribution in [0.25, 0.3) is 0 Å². The van der Waals surface area contributed by atoms with Gasteiger partial charge in [-0.05, 0) is 37.5 Å². The fraction of sp³-hybridized carbons (Fsp3) is 0.455. The number of benzene rings is 1. The van der Waals surface area contributed by atoms with Gasteiger partial charge in [-0.3, -0.25) is 9.59 Å². The number of halogens is 1. The number of ether oxygens (including phenoxy) is 1. The smallest absolute Gasteiger partial charge is 0.309 e. The number of piperidine rings is 1. The molecule has 1 aliphatic heterocycles. The number of rotatable bonds is 7. The summed E-state index contributed by atoms with van der Waals surface area (Å²) in [4.78, 5) is 37.1. The van der Waals surface area contributed by atoms with Gasteiger partial charge < -0.3 is 14.5 Å². The van der Waals surface area contributed by atoms with Crippen molar-refractivity contribution in [2.24, 2.45) is 5.92 Å². The summed E-state index contributed by atoms with van der Waals surface area (Å²) in [6, 6.07) is 9.31. The fourth-order valence-corrected chi connectivity index (χ4v) is 4.37. The Morgan fingerprint density at radius 2 is 1.87 bits per heavy atom. The average Bonchev–Trinajstić information content (AvgIpc) is 2.77. The van der Waals surface area contributed by atoms with Gasteiger partial charge in [-0.25, -0.2) is 9.97 Å². The second-order valence-electron chi connectivity index (χ2n) is 7.53. The molecule has 3 rings (SSSR count).